The first-order valence-electron chi connectivity index (χ1n) is 10.7. The second kappa shape index (κ2) is 6.04. The van der Waals surface area contributed by atoms with Gasteiger partial charge >= 0.3 is 0 Å². The molecule has 132 valence electrons. The number of hydrogen-bond donors (Lipinski definition) is 1. The fraction of sp³-hybridized carbons (Fsp3) is 1.00. The molecule has 9 atom stereocenters. The number of nitrogens with one attached hydrogen (secondary N) is 1. The molecular formula is C22H39N. The van der Waals surface area contributed by atoms with Gasteiger partial charge in [-0.25, -0.2) is 0 Å². The van der Waals surface area contributed by atoms with Gasteiger partial charge in [0.25, 0.3) is 0 Å². The molecule has 1 N–H and O–H groups in total. The van der Waals surface area contributed by atoms with Crippen LogP contribution in [0.25, 0.3) is 0 Å². The molecule has 4 aliphatic rings. The maximum absolute atomic E-state index is 3.59. The molecule has 1 nitrogen and oxygen atoms in total. The first kappa shape index (κ1) is 16.4. The maximum Gasteiger partial charge on any atom is 0.00693 e. The highest BCUT2D eigenvalue weighted by atomic mass is 14.9. The summed E-state index contributed by atoms with van der Waals surface area (Å²) in [6, 6.07) is 0.702. The molecular weight excluding hydrogens is 278 g/mol. The summed E-state index contributed by atoms with van der Waals surface area (Å²) in [4.78, 5) is 0. The molecule has 0 spiro atoms. The molecule has 0 saturated heterocycles. The second-order valence-electron chi connectivity index (χ2n) is 10.2. The van der Waals surface area contributed by atoms with Crippen molar-refractivity contribution in [2.75, 3.05) is 7.05 Å². The average molecular weight is 318 g/mol. The second-order valence-corrected chi connectivity index (χ2v) is 10.2. The Morgan fingerprint density at radius 3 is 2.48 bits per heavy atom. The zero-order valence-corrected chi connectivity index (χ0v) is 16.0. The third kappa shape index (κ3) is 2.52. The van der Waals surface area contributed by atoms with Crippen molar-refractivity contribution < 1.29 is 0 Å². The van der Waals surface area contributed by atoms with E-state index >= 15 is 0 Å². The van der Waals surface area contributed by atoms with Gasteiger partial charge in [-0.3, -0.25) is 0 Å². The number of rotatable bonds is 2. The summed E-state index contributed by atoms with van der Waals surface area (Å²) in [7, 11) is 2.17. The van der Waals surface area contributed by atoms with Gasteiger partial charge in [0.1, 0.15) is 0 Å². The Labute approximate surface area is 144 Å². The van der Waals surface area contributed by atoms with E-state index in [9.17, 15) is 0 Å². The smallest absolute Gasteiger partial charge is 0.00693 e. The van der Waals surface area contributed by atoms with Gasteiger partial charge < -0.3 is 5.32 Å². The Balaban J connectivity index is 1.54. The van der Waals surface area contributed by atoms with E-state index in [0.29, 0.717) is 11.5 Å². The SMILES string of the molecule is CNC(C)C1CCC2[C@@H]3CC[C@@H]4CC(C)CC[C@@H]4C3CC[C@]12C. The summed E-state index contributed by atoms with van der Waals surface area (Å²) in [6.07, 6.45) is 13.9. The Morgan fingerprint density at radius 1 is 0.913 bits per heavy atom. The van der Waals surface area contributed by atoms with Gasteiger partial charge in [-0.15, -0.1) is 0 Å². The highest BCUT2D eigenvalue weighted by Crippen LogP contribution is 2.64. The van der Waals surface area contributed by atoms with Gasteiger partial charge in [0.15, 0.2) is 0 Å². The van der Waals surface area contributed by atoms with Crippen LogP contribution in [0.4, 0.5) is 0 Å². The molecule has 4 rings (SSSR count). The van der Waals surface area contributed by atoms with Gasteiger partial charge in [0, 0.05) is 6.04 Å². The molecule has 0 radical (unpaired) electrons. The van der Waals surface area contributed by atoms with Crippen LogP contribution in [0.5, 0.6) is 0 Å². The molecule has 0 aromatic rings. The van der Waals surface area contributed by atoms with Gasteiger partial charge in [-0.2, -0.15) is 0 Å². The van der Waals surface area contributed by atoms with E-state index in [-0.39, 0.29) is 0 Å². The first-order valence-corrected chi connectivity index (χ1v) is 10.7. The molecule has 0 heterocycles. The molecule has 4 fully saturated rings. The van der Waals surface area contributed by atoms with Gasteiger partial charge in [-0.05, 0) is 112 Å². The van der Waals surface area contributed by atoms with E-state index in [0.717, 1.165) is 41.4 Å². The van der Waals surface area contributed by atoms with Crippen molar-refractivity contribution in [3.8, 4) is 0 Å². The largest absolute Gasteiger partial charge is 0.317 e. The highest BCUT2D eigenvalue weighted by molar-refractivity contribution is 5.07. The molecule has 0 amide bonds. The van der Waals surface area contributed by atoms with Crippen molar-refractivity contribution in [1.29, 1.82) is 0 Å². The molecule has 1 heteroatoms. The Kier molecular flexibility index (Phi) is 4.32. The van der Waals surface area contributed by atoms with Gasteiger partial charge in [0.05, 0.1) is 0 Å². The van der Waals surface area contributed by atoms with E-state index in [1.807, 2.05) is 0 Å². The number of hydrogen-bond acceptors (Lipinski definition) is 1. The zero-order valence-electron chi connectivity index (χ0n) is 16.0. The van der Waals surface area contributed by atoms with Crippen LogP contribution < -0.4 is 5.32 Å². The Hall–Kier alpha value is -0.0400. The quantitative estimate of drug-likeness (QED) is 0.709. The zero-order chi connectivity index (χ0) is 16.2. The van der Waals surface area contributed by atoms with Crippen LogP contribution in [0.3, 0.4) is 0 Å². The highest BCUT2D eigenvalue weighted by Gasteiger charge is 2.57. The summed E-state index contributed by atoms with van der Waals surface area (Å²) >= 11 is 0. The molecule has 0 aromatic heterocycles. The molecule has 0 bridgehead atoms. The first-order chi connectivity index (χ1) is 11.0. The average Bonchev–Trinajstić information content (AvgIpc) is 2.90. The predicted molar refractivity (Wildman–Crippen MR) is 98.3 cm³/mol. The van der Waals surface area contributed by atoms with E-state index in [1.54, 1.807) is 32.1 Å². The van der Waals surface area contributed by atoms with Crippen LogP contribution in [0.2, 0.25) is 0 Å². The Bertz CT molecular complexity index is 432. The van der Waals surface area contributed by atoms with Crippen LogP contribution in [-0.4, -0.2) is 13.1 Å². The third-order valence-corrected chi connectivity index (χ3v) is 9.35. The third-order valence-electron chi connectivity index (χ3n) is 9.35. The molecule has 0 aromatic carbocycles. The van der Waals surface area contributed by atoms with Crippen molar-refractivity contribution in [3.63, 3.8) is 0 Å². The maximum atomic E-state index is 3.59. The van der Waals surface area contributed by atoms with E-state index in [2.05, 4.69) is 33.1 Å². The lowest BCUT2D eigenvalue weighted by molar-refractivity contribution is -0.0699. The minimum absolute atomic E-state index is 0.637. The van der Waals surface area contributed by atoms with Crippen molar-refractivity contribution in [1.82, 2.24) is 5.32 Å². The van der Waals surface area contributed by atoms with E-state index < -0.39 is 0 Å². The standard InChI is InChI=1S/C22H39N/c1-14-5-7-17-16(13-14)6-8-19-18(17)11-12-22(3)20(15(2)23-4)9-10-21(19)22/h14-21,23H,5-13H2,1-4H3/t14?,15?,16-,17+,18?,19-,20?,21?,22-/m1/s1. The lowest BCUT2D eigenvalue weighted by atomic mass is 9.49. The Morgan fingerprint density at radius 2 is 1.70 bits per heavy atom. The minimum atomic E-state index is 0.637. The minimum Gasteiger partial charge on any atom is -0.317 e. The molecule has 4 saturated carbocycles. The number of fused-ring (bicyclic) bond motifs is 5. The van der Waals surface area contributed by atoms with Crippen molar-refractivity contribution >= 4 is 0 Å². The van der Waals surface area contributed by atoms with Crippen LogP contribution in [-0.2, 0) is 0 Å². The summed E-state index contributed by atoms with van der Waals surface area (Å²) in [5.41, 5.74) is 0.637. The lowest BCUT2D eigenvalue weighted by Crippen LogP contribution is -2.50. The normalized spacial score (nSPS) is 54.0. The fourth-order valence-electron chi connectivity index (χ4n) is 8.15. The van der Waals surface area contributed by atoms with Crippen molar-refractivity contribution in [3.05, 3.63) is 0 Å². The van der Waals surface area contributed by atoms with Crippen LogP contribution in [0, 0.1) is 46.8 Å². The monoisotopic (exact) mass is 317 g/mol. The van der Waals surface area contributed by atoms with Crippen LogP contribution in [0.1, 0.15) is 78.6 Å². The van der Waals surface area contributed by atoms with Crippen molar-refractivity contribution in [2.45, 2.75) is 84.6 Å². The molecule has 4 aliphatic carbocycles. The summed E-state index contributed by atoms with van der Waals surface area (Å²) in [5.74, 6) is 7.35. The predicted octanol–water partition coefficient (Wildman–Crippen LogP) is 5.50. The van der Waals surface area contributed by atoms with Gasteiger partial charge in [-0.1, -0.05) is 20.3 Å². The van der Waals surface area contributed by atoms with E-state index in [4.69, 9.17) is 0 Å². The summed E-state index contributed by atoms with van der Waals surface area (Å²) < 4.78 is 0. The van der Waals surface area contributed by atoms with Crippen LogP contribution >= 0.6 is 0 Å². The lowest BCUT2D eigenvalue weighted by Gasteiger charge is -2.56. The topological polar surface area (TPSA) is 12.0 Å². The van der Waals surface area contributed by atoms with Gasteiger partial charge in [0.2, 0.25) is 0 Å². The fourth-order valence-corrected chi connectivity index (χ4v) is 8.15. The molecule has 0 aliphatic heterocycles. The summed E-state index contributed by atoms with van der Waals surface area (Å²) in [6.45, 7) is 7.61. The molecule has 23 heavy (non-hydrogen) atoms. The van der Waals surface area contributed by atoms with Crippen LogP contribution in [0.15, 0.2) is 0 Å². The summed E-state index contributed by atoms with van der Waals surface area (Å²) in [5, 5.41) is 3.59. The van der Waals surface area contributed by atoms with Crippen molar-refractivity contribution in [2.24, 2.45) is 46.8 Å². The molecule has 5 unspecified atom stereocenters. The van der Waals surface area contributed by atoms with E-state index in [1.165, 1.54) is 25.7 Å².